The van der Waals surface area contributed by atoms with Gasteiger partial charge < -0.3 is 25.2 Å². The molecule has 26 heavy (non-hydrogen) atoms. The number of hydrogen-bond donors (Lipinski definition) is 2. The van der Waals surface area contributed by atoms with Crippen molar-refractivity contribution in [2.24, 2.45) is 11.8 Å². The van der Waals surface area contributed by atoms with Crippen molar-refractivity contribution in [2.75, 3.05) is 61.1 Å². The predicted molar refractivity (Wildman–Crippen MR) is 110 cm³/mol. The first-order valence-corrected chi connectivity index (χ1v) is 9.97. The first-order valence-electron chi connectivity index (χ1n) is 9.56. The lowest BCUT2D eigenvalue weighted by Gasteiger charge is -2.36. The average Bonchev–Trinajstić information content (AvgIpc) is 2.61. The summed E-state index contributed by atoms with van der Waals surface area (Å²) in [5, 5.41) is 6.79. The zero-order chi connectivity index (χ0) is 18.5. The van der Waals surface area contributed by atoms with Gasteiger partial charge in [-0.25, -0.2) is 0 Å². The molecule has 0 saturated carbocycles. The lowest BCUT2D eigenvalue weighted by molar-refractivity contribution is 0.122. The van der Waals surface area contributed by atoms with Gasteiger partial charge in [0.2, 0.25) is 5.95 Å². The number of thiocarbonyl (C=S) groups is 1. The molecule has 0 unspecified atom stereocenters. The van der Waals surface area contributed by atoms with Crippen LogP contribution in [0.4, 0.5) is 17.6 Å². The van der Waals surface area contributed by atoms with Crippen molar-refractivity contribution >= 4 is 34.9 Å². The molecule has 2 N–H and O–H groups in total. The second-order valence-corrected chi connectivity index (χ2v) is 7.75. The fourth-order valence-electron chi connectivity index (χ4n) is 3.75. The van der Waals surface area contributed by atoms with Crippen LogP contribution >= 0.6 is 12.2 Å². The smallest absolute Gasteiger partial charge is 0.232 e. The van der Waals surface area contributed by atoms with Crippen molar-refractivity contribution in [2.45, 2.75) is 27.2 Å². The predicted octanol–water partition coefficient (Wildman–Crippen LogP) is 2.10. The summed E-state index contributed by atoms with van der Waals surface area (Å²) in [6.45, 7) is 12.6. The Morgan fingerprint density at radius 2 is 1.77 bits per heavy atom. The van der Waals surface area contributed by atoms with Gasteiger partial charge in [0.25, 0.3) is 0 Å². The van der Waals surface area contributed by atoms with Crippen LogP contribution in [-0.4, -0.2) is 61.0 Å². The Labute approximate surface area is 161 Å². The second-order valence-electron chi connectivity index (χ2n) is 7.34. The van der Waals surface area contributed by atoms with Gasteiger partial charge in [-0.05, 0) is 37.4 Å². The van der Waals surface area contributed by atoms with Gasteiger partial charge >= 0.3 is 0 Å². The highest BCUT2D eigenvalue weighted by atomic mass is 32.1. The zero-order valence-electron chi connectivity index (χ0n) is 16.0. The van der Waals surface area contributed by atoms with Crippen molar-refractivity contribution < 1.29 is 4.74 Å². The largest absolute Gasteiger partial charge is 0.378 e. The van der Waals surface area contributed by atoms with E-state index in [-0.39, 0.29) is 0 Å². The van der Waals surface area contributed by atoms with Crippen LogP contribution in [0.3, 0.4) is 0 Å². The molecular weight excluding hydrogens is 348 g/mol. The number of ether oxygens (including phenoxy) is 1. The maximum Gasteiger partial charge on any atom is 0.232 e. The van der Waals surface area contributed by atoms with Crippen molar-refractivity contribution in [1.82, 2.24) is 15.3 Å². The van der Waals surface area contributed by atoms with Gasteiger partial charge in [0.05, 0.1) is 13.2 Å². The van der Waals surface area contributed by atoms with Gasteiger partial charge in [0, 0.05) is 38.8 Å². The van der Waals surface area contributed by atoms with Gasteiger partial charge in [0.1, 0.15) is 11.6 Å². The monoisotopic (exact) mass is 378 g/mol. The first kappa shape index (κ1) is 19.1. The molecule has 2 aliphatic heterocycles. The summed E-state index contributed by atoms with van der Waals surface area (Å²) in [7, 11) is 0. The molecule has 0 aliphatic carbocycles. The molecule has 2 aliphatic rings. The van der Waals surface area contributed by atoms with Crippen molar-refractivity contribution in [1.29, 1.82) is 0 Å². The lowest BCUT2D eigenvalue weighted by atomic mass is 9.92. The number of hydrogen-bond acceptors (Lipinski definition) is 6. The van der Waals surface area contributed by atoms with E-state index < -0.39 is 0 Å². The number of nitrogens with zero attached hydrogens (tertiary/aromatic N) is 4. The van der Waals surface area contributed by atoms with E-state index in [1.807, 2.05) is 6.92 Å². The molecule has 0 radical (unpaired) electrons. The van der Waals surface area contributed by atoms with E-state index in [1.165, 1.54) is 6.42 Å². The Morgan fingerprint density at radius 3 is 2.38 bits per heavy atom. The molecular formula is C18H30N6OS. The summed E-state index contributed by atoms with van der Waals surface area (Å²) in [5.74, 6) is 3.80. The first-order chi connectivity index (χ1) is 12.5. The Morgan fingerprint density at radius 1 is 1.15 bits per heavy atom. The van der Waals surface area contributed by atoms with Crippen LogP contribution in [0.5, 0.6) is 0 Å². The van der Waals surface area contributed by atoms with Gasteiger partial charge in [-0.15, -0.1) is 0 Å². The summed E-state index contributed by atoms with van der Waals surface area (Å²) < 4.78 is 5.48. The molecule has 2 saturated heterocycles. The minimum Gasteiger partial charge on any atom is -0.378 e. The second kappa shape index (κ2) is 8.81. The van der Waals surface area contributed by atoms with Crippen LogP contribution in [-0.2, 0) is 4.74 Å². The van der Waals surface area contributed by atoms with Crippen LogP contribution in [0.2, 0.25) is 0 Å². The number of nitrogens with one attached hydrogen (secondary N) is 2. The van der Waals surface area contributed by atoms with Gasteiger partial charge in [-0.1, -0.05) is 13.8 Å². The molecule has 1 aromatic rings. The molecule has 8 heteroatoms. The van der Waals surface area contributed by atoms with Gasteiger partial charge in [-0.2, -0.15) is 9.97 Å². The number of piperidine rings is 1. The molecule has 2 atom stereocenters. The quantitative estimate of drug-likeness (QED) is 0.773. The average molecular weight is 379 g/mol. The van der Waals surface area contributed by atoms with Crippen LogP contribution < -0.4 is 20.4 Å². The third-order valence-electron chi connectivity index (χ3n) is 4.79. The Balaban J connectivity index is 1.87. The zero-order valence-corrected chi connectivity index (χ0v) is 16.8. The standard InChI is InChI=1S/C18H30N6OS/c1-4-19-18(26)22-17-20-15(23-5-7-25-8-6-23)10-16(21-17)24-11-13(2)9-14(3)12-24/h10,13-14H,4-9,11-12H2,1-3H3,(H2,19,20,21,22,26)/t13-,14+. The molecule has 0 amide bonds. The molecule has 3 rings (SSSR count). The number of rotatable bonds is 4. The van der Waals surface area contributed by atoms with E-state index in [4.69, 9.17) is 26.9 Å². The molecule has 2 fully saturated rings. The molecule has 0 bridgehead atoms. The summed E-state index contributed by atoms with van der Waals surface area (Å²) in [6, 6.07) is 2.11. The van der Waals surface area contributed by atoms with E-state index in [0.717, 1.165) is 57.6 Å². The normalized spacial score (nSPS) is 23.7. The number of anilines is 3. The minimum atomic E-state index is 0.554. The third kappa shape index (κ3) is 4.94. The molecule has 1 aromatic heterocycles. The lowest BCUT2D eigenvalue weighted by Crippen LogP contribution is -2.40. The van der Waals surface area contributed by atoms with Gasteiger partial charge in [0.15, 0.2) is 5.11 Å². The van der Waals surface area contributed by atoms with Gasteiger partial charge in [-0.3, -0.25) is 0 Å². The highest BCUT2D eigenvalue weighted by molar-refractivity contribution is 7.80. The Bertz CT molecular complexity index is 612. The number of aromatic nitrogens is 2. The van der Waals surface area contributed by atoms with E-state index in [0.29, 0.717) is 22.9 Å². The van der Waals surface area contributed by atoms with Crippen molar-refractivity contribution in [3.8, 4) is 0 Å². The van der Waals surface area contributed by atoms with Crippen LogP contribution in [0.1, 0.15) is 27.2 Å². The third-order valence-corrected chi connectivity index (χ3v) is 5.04. The fourth-order valence-corrected chi connectivity index (χ4v) is 3.99. The molecule has 3 heterocycles. The summed E-state index contributed by atoms with van der Waals surface area (Å²) >= 11 is 5.32. The highest BCUT2D eigenvalue weighted by Crippen LogP contribution is 2.28. The molecule has 7 nitrogen and oxygen atoms in total. The van der Waals surface area contributed by atoms with E-state index >= 15 is 0 Å². The highest BCUT2D eigenvalue weighted by Gasteiger charge is 2.25. The van der Waals surface area contributed by atoms with Crippen LogP contribution in [0.15, 0.2) is 6.07 Å². The van der Waals surface area contributed by atoms with Crippen molar-refractivity contribution in [3.05, 3.63) is 6.07 Å². The summed E-state index contributed by atoms with van der Waals surface area (Å²) in [5.41, 5.74) is 0. The summed E-state index contributed by atoms with van der Waals surface area (Å²) in [6.07, 6.45) is 1.27. The SMILES string of the molecule is CCNC(=S)Nc1nc(N2CCOCC2)cc(N2C[C@H](C)C[C@H](C)C2)n1. The fraction of sp³-hybridized carbons (Fsp3) is 0.722. The van der Waals surface area contributed by atoms with E-state index in [9.17, 15) is 0 Å². The van der Waals surface area contributed by atoms with E-state index in [1.54, 1.807) is 0 Å². The maximum absolute atomic E-state index is 5.48. The van der Waals surface area contributed by atoms with Crippen LogP contribution in [0.25, 0.3) is 0 Å². The summed E-state index contributed by atoms with van der Waals surface area (Å²) in [4.78, 5) is 14.1. The molecule has 144 valence electrons. The topological polar surface area (TPSA) is 65.6 Å². The number of morpholine rings is 1. The Kier molecular flexibility index (Phi) is 6.48. The minimum absolute atomic E-state index is 0.554. The maximum atomic E-state index is 5.48. The Hall–Kier alpha value is -1.67. The van der Waals surface area contributed by atoms with Crippen molar-refractivity contribution in [3.63, 3.8) is 0 Å². The van der Waals surface area contributed by atoms with Crippen LogP contribution in [0, 0.1) is 11.8 Å². The molecule has 0 spiro atoms. The van der Waals surface area contributed by atoms with E-state index in [2.05, 4.69) is 40.3 Å². The molecule has 0 aromatic carbocycles.